The maximum absolute atomic E-state index is 5.50. The highest BCUT2D eigenvalue weighted by atomic mass is 79.9. The highest BCUT2D eigenvalue weighted by Gasteiger charge is 2.22. The average molecular weight is 327 g/mol. The molecule has 1 fully saturated rings. The summed E-state index contributed by atoms with van der Waals surface area (Å²) in [5, 5.41) is 3.68. The highest BCUT2D eigenvalue weighted by Crippen LogP contribution is 2.31. The van der Waals surface area contributed by atoms with Crippen LogP contribution >= 0.6 is 15.9 Å². The molecule has 1 N–H and O–H groups in total. The zero-order valence-corrected chi connectivity index (χ0v) is 13.5. The largest absolute Gasteiger partial charge is 0.381 e. The second-order valence-electron chi connectivity index (χ2n) is 5.42. The summed E-state index contributed by atoms with van der Waals surface area (Å²) < 4.78 is 6.61. The lowest BCUT2D eigenvalue weighted by Crippen LogP contribution is -2.31. The van der Waals surface area contributed by atoms with E-state index in [0.29, 0.717) is 12.1 Å². The Balaban J connectivity index is 2.11. The van der Waals surface area contributed by atoms with Gasteiger partial charge in [0.1, 0.15) is 0 Å². The van der Waals surface area contributed by atoms with Gasteiger partial charge in [0.05, 0.1) is 17.5 Å². The molecule has 0 spiro atoms. The minimum Gasteiger partial charge on any atom is -0.381 e. The maximum Gasteiger partial charge on any atom is 0.0597 e. The molecule has 4 heteroatoms. The van der Waals surface area contributed by atoms with Crippen molar-refractivity contribution in [3.63, 3.8) is 0 Å². The van der Waals surface area contributed by atoms with Gasteiger partial charge in [-0.25, -0.2) is 0 Å². The molecule has 1 aromatic rings. The lowest BCUT2D eigenvalue weighted by molar-refractivity contribution is 0.0669. The summed E-state index contributed by atoms with van der Waals surface area (Å²) in [5.41, 5.74) is 2.42. The van der Waals surface area contributed by atoms with Gasteiger partial charge in [0.2, 0.25) is 0 Å². The van der Waals surface area contributed by atoms with E-state index in [9.17, 15) is 0 Å². The number of benzene rings is 1. The summed E-state index contributed by atoms with van der Waals surface area (Å²) in [6, 6.07) is 6.89. The molecule has 0 heterocycles. The third kappa shape index (κ3) is 3.86. The van der Waals surface area contributed by atoms with Gasteiger partial charge < -0.3 is 15.0 Å². The predicted molar refractivity (Wildman–Crippen MR) is 85.1 cm³/mol. The van der Waals surface area contributed by atoms with Crippen molar-refractivity contribution < 1.29 is 4.74 Å². The van der Waals surface area contributed by atoms with E-state index >= 15 is 0 Å². The van der Waals surface area contributed by atoms with E-state index in [0.717, 1.165) is 10.9 Å². The Bertz CT molecular complexity index is 423. The fourth-order valence-corrected chi connectivity index (χ4v) is 3.08. The molecule has 2 unspecified atom stereocenters. The van der Waals surface area contributed by atoms with Crippen LogP contribution in [0.4, 0.5) is 11.4 Å². The molecule has 2 rings (SSSR count). The van der Waals surface area contributed by atoms with E-state index in [4.69, 9.17) is 4.74 Å². The van der Waals surface area contributed by atoms with Gasteiger partial charge in [-0.3, -0.25) is 0 Å². The van der Waals surface area contributed by atoms with Crippen molar-refractivity contribution >= 4 is 27.3 Å². The Labute approximate surface area is 124 Å². The van der Waals surface area contributed by atoms with Gasteiger partial charge >= 0.3 is 0 Å². The number of nitrogens with zero attached hydrogens (tertiary/aromatic N) is 1. The summed E-state index contributed by atoms with van der Waals surface area (Å²) in [5.74, 6) is 0. The molecule has 1 aliphatic carbocycles. The number of nitrogens with one attached hydrogen (secondary N) is 1. The SMILES string of the molecule is COC1CCCC(Nc2cc(Br)ccc2N(C)C)C1. The summed E-state index contributed by atoms with van der Waals surface area (Å²) in [4.78, 5) is 2.14. The number of hydrogen-bond donors (Lipinski definition) is 1. The van der Waals surface area contributed by atoms with Gasteiger partial charge in [0.15, 0.2) is 0 Å². The quantitative estimate of drug-likeness (QED) is 0.908. The zero-order chi connectivity index (χ0) is 13.8. The van der Waals surface area contributed by atoms with Crippen molar-refractivity contribution in [2.24, 2.45) is 0 Å². The van der Waals surface area contributed by atoms with Crippen LogP contribution in [0.1, 0.15) is 25.7 Å². The third-order valence-electron chi connectivity index (χ3n) is 3.76. The van der Waals surface area contributed by atoms with Crippen LogP contribution in [0, 0.1) is 0 Å². The van der Waals surface area contributed by atoms with E-state index in [1.54, 1.807) is 0 Å². The zero-order valence-electron chi connectivity index (χ0n) is 11.9. The molecule has 1 saturated carbocycles. The number of halogens is 1. The minimum absolute atomic E-state index is 0.404. The number of rotatable bonds is 4. The van der Waals surface area contributed by atoms with Gasteiger partial charge in [0.25, 0.3) is 0 Å². The molecule has 19 heavy (non-hydrogen) atoms. The standard InChI is InChI=1S/C15H23BrN2O/c1-18(2)15-8-7-11(16)9-14(15)17-12-5-4-6-13(10-12)19-3/h7-9,12-13,17H,4-6,10H2,1-3H3. The van der Waals surface area contributed by atoms with Gasteiger partial charge in [-0.15, -0.1) is 0 Å². The minimum atomic E-state index is 0.404. The van der Waals surface area contributed by atoms with Crippen LogP contribution in [0.2, 0.25) is 0 Å². The molecule has 0 saturated heterocycles. The lowest BCUT2D eigenvalue weighted by atomic mass is 9.92. The van der Waals surface area contributed by atoms with Crippen LogP contribution in [0.25, 0.3) is 0 Å². The number of anilines is 2. The van der Waals surface area contributed by atoms with Gasteiger partial charge in [-0.05, 0) is 43.9 Å². The second kappa shape index (κ2) is 6.62. The van der Waals surface area contributed by atoms with Crippen molar-refractivity contribution in [2.45, 2.75) is 37.8 Å². The highest BCUT2D eigenvalue weighted by molar-refractivity contribution is 9.10. The summed E-state index contributed by atoms with van der Waals surface area (Å²) in [7, 11) is 5.97. The number of methoxy groups -OCH3 is 1. The average Bonchev–Trinajstić information content (AvgIpc) is 2.38. The molecule has 1 aromatic carbocycles. The molecule has 106 valence electrons. The number of hydrogen-bond acceptors (Lipinski definition) is 3. The normalized spacial score (nSPS) is 23.2. The van der Waals surface area contributed by atoms with Crippen LogP contribution < -0.4 is 10.2 Å². The van der Waals surface area contributed by atoms with Gasteiger partial charge in [-0.1, -0.05) is 15.9 Å². The van der Waals surface area contributed by atoms with Crippen LogP contribution in [0.3, 0.4) is 0 Å². The Kier molecular flexibility index (Phi) is 5.11. The summed E-state index contributed by atoms with van der Waals surface area (Å²) in [6.07, 6.45) is 5.14. The fourth-order valence-electron chi connectivity index (χ4n) is 2.72. The second-order valence-corrected chi connectivity index (χ2v) is 6.34. The first-order valence-corrected chi connectivity index (χ1v) is 7.65. The first-order valence-electron chi connectivity index (χ1n) is 6.86. The van der Waals surface area contributed by atoms with Crippen LogP contribution in [-0.2, 0) is 4.74 Å². The van der Waals surface area contributed by atoms with Crippen molar-refractivity contribution in [1.29, 1.82) is 0 Å². The summed E-state index contributed by atoms with van der Waals surface area (Å²) >= 11 is 3.55. The molecule has 0 bridgehead atoms. The monoisotopic (exact) mass is 326 g/mol. The van der Waals surface area contributed by atoms with E-state index in [-0.39, 0.29) is 0 Å². The van der Waals surface area contributed by atoms with Gasteiger partial charge in [0, 0.05) is 31.7 Å². The predicted octanol–water partition coefficient (Wildman–Crippen LogP) is 3.88. The van der Waals surface area contributed by atoms with E-state index in [1.165, 1.54) is 30.6 Å². The first-order chi connectivity index (χ1) is 9.10. The van der Waals surface area contributed by atoms with E-state index in [1.807, 2.05) is 7.11 Å². The number of ether oxygens (including phenoxy) is 1. The molecule has 0 radical (unpaired) electrons. The molecule has 0 aliphatic heterocycles. The summed E-state index contributed by atoms with van der Waals surface area (Å²) in [6.45, 7) is 0. The lowest BCUT2D eigenvalue weighted by Gasteiger charge is -2.31. The Hall–Kier alpha value is -0.740. The van der Waals surface area contributed by atoms with Crippen molar-refractivity contribution in [1.82, 2.24) is 0 Å². The van der Waals surface area contributed by atoms with E-state index < -0.39 is 0 Å². The van der Waals surface area contributed by atoms with Crippen molar-refractivity contribution in [3.8, 4) is 0 Å². The smallest absolute Gasteiger partial charge is 0.0597 e. The Morgan fingerprint density at radius 2 is 2.11 bits per heavy atom. The third-order valence-corrected chi connectivity index (χ3v) is 4.25. The Morgan fingerprint density at radius 1 is 1.32 bits per heavy atom. The van der Waals surface area contributed by atoms with Crippen LogP contribution in [0.5, 0.6) is 0 Å². The van der Waals surface area contributed by atoms with Crippen LogP contribution in [-0.4, -0.2) is 33.4 Å². The van der Waals surface area contributed by atoms with E-state index in [2.05, 4.69) is 58.4 Å². The van der Waals surface area contributed by atoms with Crippen molar-refractivity contribution in [2.75, 3.05) is 31.4 Å². The van der Waals surface area contributed by atoms with Crippen LogP contribution in [0.15, 0.2) is 22.7 Å². The van der Waals surface area contributed by atoms with Gasteiger partial charge in [-0.2, -0.15) is 0 Å². The molecule has 0 aromatic heterocycles. The molecular weight excluding hydrogens is 304 g/mol. The first kappa shape index (κ1) is 14.7. The molecular formula is C15H23BrN2O. The molecule has 0 amide bonds. The molecule has 2 atom stereocenters. The molecule has 3 nitrogen and oxygen atoms in total. The fraction of sp³-hybridized carbons (Fsp3) is 0.600. The Morgan fingerprint density at radius 3 is 2.79 bits per heavy atom. The maximum atomic E-state index is 5.50. The topological polar surface area (TPSA) is 24.5 Å². The van der Waals surface area contributed by atoms with Crippen molar-refractivity contribution in [3.05, 3.63) is 22.7 Å². The molecule has 1 aliphatic rings.